The van der Waals surface area contributed by atoms with E-state index in [1.54, 1.807) is 44.9 Å². The molecule has 1 rings (SSSR count). The summed E-state index contributed by atoms with van der Waals surface area (Å²) in [5, 5.41) is 20.0. The number of likely N-dealkylation sites (N-methyl/N-ethyl adjacent to an activating group) is 1. The third-order valence-electron chi connectivity index (χ3n) is 3.50. The molecule has 1 aromatic carbocycles. The highest BCUT2D eigenvalue weighted by Crippen LogP contribution is 2.24. The van der Waals surface area contributed by atoms with Gasteiger partial charge in [-0.3, -0.25) is 19.8 Å². The zero-order chi connectivity index (χ0) is 14.8. The second kappa shape index (κ2) is 5.36. The topological polar surface area (TPSA) is 83.7 Å². The van der Waals surface area contributed by atoms with Crippen LogP contribution < -0.4 is 0 Å². The van der Waals surface area contributed by atoms with Gasteiger partial charge < -0.3 is 5.11 Å². The number of hydrogen-bond acceptors (Lipinski definition) is 4. The Morgan fingerprint density at radius 3 is 2.53 bits per heavy atom. The third kappa shape index (κ3) is 3.08. The third-order valence-corrected chi connectivity index (χ3v) is 3.50. The molecule has 0 fully saturated rings. The van der Waals surface area contributed by atoms with Gasteiger partial charge in [0, 0.05) is 18.2 Å². The predicted molar refractivity (Wildman–Crippen MR) is 71.0 cm³/mol. The van der Waals surface area contributed by atoms with Gasteiger partial charge in [-0.15, -0.1) is 0 Å². The number of nitro groups is 1. The lowest BCUT2D eigenvalue weighted by Crippen LogP contribution is -2.47. The van der Waals surface area contributed by atoms with Gasteiger partial charge in [0.15, 0.2) is 0 Å². The molecule has 0 aliphatic carbocycles. The molecule has 1 N–H and O–H groups in total. The summed E-state index contributed by atoms with van der Waals surface area (Å²) in [4.78, 5) is 23.3. The minimum Gasteiger partial charge on any atom is -0.480 e. The maximum absolute atomic E-state index is 11.2. The second-order valence-electron chi connectivity index (χ2n) is 5.04. The molecule has 0 aliphatic heterocycles. The Bertz CT molecular complexity index is 511. The summed E-state index contributed by atoms with van der Waals surface area (Å²) < 4.78 is 0. The van der Waals surface area contributed by atoms with Gasteiger partial charge in [-0.1, -0.05) is 12.1 Å². The number of carbonyl (C=O) groups is 1. The molecular formula is C13H18N2O4. The normalized spacial score (nSPS) is 11.6. The van der Waals surface area contributed by atoms with E-state index in [9.17, 15) is 14.9 Å². The van der Waals surface area contributed by atoms with Gasteiger partial charge in [-0.05, 0) is 33.4 Å². The van der Waals surface area contributed by atoms with Crippen LogP contribution in [-0.2, 0) is 11.3 Å². The van der Waals surface area contributed by atoms with Crippen molar-refractivity contribution in [1.82, 2.24) is 4.90 Å². The maximum Gasteiger partial charge on any atom is 0.323 e. The summed E-state index contributed by atoms with van der Waals surface area (Å²) in [7, 11) is 1.69. The summed E-state index contributed by atoms with van der Waals surface area (Å²) >= 11 is 0. The van der Waals surface area contributed by atoms with Gasteiger partial charge in [0.1, 0.15) is 5.54 Å². The summed E-state index contributed by atoms with van der Waals surface area (Å²) in [5.74, 6) is -0.932. The van der Waals surface area contributed by atoms with Crippen molar-refractivity contribution in [1.29, 1.82) is 0 Å². The molecule has 104 valence electrons. The zero-order valence-electron chi connectivity index (χ0n) is 11.5. The fraction of sp³-hybridized carbons (Fsp3) is 0.462. The Morgan fingerprint density at radius 1 is 1.47 bits per heavy atom. The van der Waals surface area contributed by atoms with Crippen LogP contribution in [-0.4, -0.2) is 33.5 Å². The molecule has 0 amide bonds. The number of benzene rings is 1. The highest BCUT2D eigenvalue weighted by Gasteiger charge is 2.32. The Morgan fingerprint density at radius 2 is 2.05 bits per heavy atom. The Balaban J connectivity index is 3.04. The molecule has 0 saturated carbocycles. The van der Waals surface area contributed by atoms with Gasteiger partial charge >= 0.3 is 5.97 Å². The van der Waals surface area contributed by atoms with E-state index in [4.69, 9.17) is 5.11 Å². The Hall–Kier alpha value is -1.95. The zero-order valence-corrected chi connectivity index (χ0v) is 11.5. The number of nitro benzene ring substituents is 1. The molecule has 0 unspecified atom stereocenters. The molecular weight excluding hydrogens is 248 g/mol. The van der Waals surface area contributed by atoms with Crippen molar-refractivity contribution >= 4 is 11.7 Å². The van der Waals surface area contributed by atoms with E-state index in [0.717, 1.165) is 5.56 Å². The molecule has 0 radical (unpaired) electrons. The first-order chi connectivity index (χ1) is 8.67. The first kappa shape index (κ1) is 15.1. The fourth-order valence-corrected chi connectivity index (χ4v) is 1.66. The largest absolute Gasteiger partial charge is 0.480 e. The number of rotatable bonds is 5. The van der Waals surface area contributed by atoms with Crippen molar-refractivity contribution in [2.75, 3.05) is 7.05 Å². The minimum absolute atomic E-state index is 0.0547. The van der Waals surface area contributed by atoms with Crippen LogP contribution in [0.2, 0.25) is 0 Å². The molecule has 0 aromatic heterocycles. The van der Waals surface area contributed by atoms with Gasteiger partial charge in [-0.25, -0.2) is 0 Å². The smallest absolute Gasteiger partial charge is 0.323 e. The minimum atomic E-state index is -1.03. The Kier molecular flexibility index (Phi) is 4.26. The summed E-state index contributed by atoms with van der Waals surface area (Å²) in [6, 6.07) is 4.83. The van der Waals surface area contributed by atoms with E-state index in [-0.39, 0.29) is 5.69 Å². The maximum atomic E-state index is 11.2. The van der Waals surface area contributed by atoms with E-state index in [1.165, 1.54) is 6.07 Å². The molecule has 6 nitrogen and oxygen atoms in total. The molecule has 19 heavy (non-hydrogen) atoms. The van der Waals surface area contributed by atoms with Crippen molar-refractivity contribution in [3.63, 3.8) is 0 Å². The molecule has 0 spiro atoms. The molecule has 6 heteroatoms. The van der Waals surface area contributed by atoms with Gasteiger partial charge in [0.05, 0.1) is 4.92 Å². The van der Waals surface area contributed by atoms with Crippen LogP contribution >= 0.6 is 0 Å². The number of hydrogen-bond donors (Lipinski definition) is 1. The van der Waals surface area contributed by atoms with E-state index in [0.29, 0.717) is 12.1 Å². The average Bonchev–Trinajstić information content (AvgIpc) is 2.30. The summed E-state index contributed by atoms with van der Waals surface area (Å²) in [6.07, 6.45) is 0. The Labute approximate surface area is 111 Å². The highest BCUT2D eigenvalue weighted by molar-refractivity contribution is 5.77. The van der Waals surface area contributed by atoms with Crippen molar-refractivity contribution in [2.24, 2.45) is 0 Å². The second-order valence-corrected chi connectivity index (χ2v) is 5.04. The standard InChI is InChI=1S/C13H18N2O4/c1-9-10(6-5-7-11(9)15(18)19)8-14(4)13(2,3)12(16)17/h5-7H,8H2,1-4H3,(H,16,17). The lowest BCUT2D eigenvalue weighted by Gasteiger charge is -2.31. The number of carboxylic acid groups (broad SMARTS) is 1. The van der Waals surface area contributed by atoms with Crippen molar-refractivity contribution < 1.29 is 14.8 Å². The number of aliphatic carboxylic acids is 1. The van der Waals surface area contributed by atoms with Crippen LogP contribution in [0, 0.1) is 17.0 Å². The van der Waals surface area contributed by atoms with Gasteiger partial charge in [0.2, 0.25) is 0 Å². The summed E-state index contributed by atoms with van der Waals surface area (Å²) in [5.41, 5.74) is 0.349. The van der Waals surface area contributed by atoms with Crippen LogP contribution in [0.25, 0.3) is 0 Å². The quantitative estimate of drug-likeness (QED) is 0.652. The number of nitrogens with zero attached hydrogens (tertiary/aromatic N) is 2. The average molecular weight is 266 g/mol. The monoisotopic (exact) mass is 266 g/mol. The van der Waals surface area contributed by atoms with Crippen molar-refractivity contribution in [2.45, 2.75) is 32.9 Å². The van der Waals surface area contributed by atoms with E-state index >= 15 is 0 Å². The first-order valence-corrected chi connectivity index (χ1v) is 5.85. The molecule has 0 heterocycles. The van der Waals surface area contributed by atoms with Crippen molar-refractivity contribution in [3.8, 4) is 0 Å². The molecule has 0 atom stereocenters. The van der Waals surface area contributed by atoms with Crippen LogP contribution in [0.15, 0.2) is 18.2 Å². The first-order valence-electron chi connectivity index (χ1n) is 5.85. The van der Waals surface area contributed by atoms with E-state index in [2.05, 4.69) is 0 Å². The molecule has 0 bridgehead atoms. The van der Waals surface area contributed by atoms with Crippen LogP contribution in [0.3, 0.4) is 0 Å². The summed E-state index contributed by atoms with van der Waals surface area (Å²) in [6.45, 7) is 5.21. The van der Waals surface area contributed by atoms with Gasteiger partial charge in [0.25, 0.3) is 5.69 Å². The van der Waals surface area contributed by atoms with Crippen LogP contribution in [0.4, 0.5) is 5.69 Å². The van der Waals surface area contributed by atoms with Crippen LogP contribution in [0.5, 0.6) is 0 Å². The predicted octanol–water partition coefficient (Wildman–Crippen LogP) is 2.20. The fourth-order valence-electron chi connectivity index (χ4n) is 1.66. The molecule has 1 aromatic rings. The SMILES string of the molecule is Cc1c(CN(C)C(C)(C)C(=O)O)cccc1[N+](=O)[O-]. The van der Waals surface area contributed by atoms with Gasteiger partial charge in [-0.2, -0.15) is 0 Å². The molecule has 0 aliphatic rings. The van der Waals surface area contributed by atoms with Crippen molar-refractivity contribution in [3.05, 3.63) is 39.4 Å². The van der Waals surface area contributed by atoms with E-state index < -0.39 is 16.4 Å². The van der Waals surface area contributed by atoms with E-state index in [1.807, 2.05) is 0 Å². The highest BCUT2D eigenvalue weighted by atomic mass is 16.6. The lowest BCUT2D eigenvalue weighted by atomic mass is 10.0. The number of carboxylic acids is 1. The molecule has 0 saturated heterocycles. The van der Waals surface area contributed by atoms with Crippen LogP contribution in [0.1, 0.15) is 25.0 Å². The lowest BCUT2D eigenvalue weighted by molar-refractivity contribution is -0.385.